The lowest BCUT2D eigenvalue weighted by Crippen LogP contribution is -2.51. The van der Waals surface area contributed by atoms with E-state index in [1.807, 2.05) is 24.3 Å². The van der Waals surface area contributed by atoms with Gasteiger partial charge in [0.15, 0.2) is 0 Å². The van der Waals surface area contributed by atoms with Crippen LogP contribution in [-0.4, -0.2) is 49.4 Å². The number of hydrogen-bond acceptors (Lipinski definition) is 3. The van der Waals surface area contributed by atoms with E-state index < -0.39 is 0 Å². The van der Waals surface area contributed by atoms with E-state index in [2.05, 4.69) is 10.2 Å². The molecule has 1 aliphatic rings. The van der Waals surface area contributed by atoms with Crippen molar-refractivity contribution in [2.75, 3.05) is 37.6 Å². The van der Waals surface area contributed by atoms with Gasteiger partial charge in [0.05, 0.1) is 6.54 Å². The monoisotopic (exact) mass is 417 g/mol. The Morgan fingerprint density at radius 3 is 2.45 bits per heavy atom. The molecule has 1 fully saturated rings. The maximum Gasteiger partial charge on any atom is 0.242 e. The average molecular weight is 418 g/mol. The molecule has 0 aromatic heterocycles. The maximum atomic E-state index is 13.3. The maximum absolute atomic E-state index is 13.3. The fourth-order valence-corrected chi connectivity index (χ4v) is 3.55. The lowest BCUT2D eigenvalue weighted by Gasteiger charge is -2.36. The van der Waals surface area contributed by atoms with Crippen molar-refractivity contribution >= 4 is 29.1 Å². The summed E-state index contributed by atoms with van der Waals surface area (Å²) in [6, 6.07) is 13.9. The summed E-state index contributed by atoms with van der Waals surface area (Å²) in [5.74, 6) is -0.955. The number of nitrogens with zero attached hydrogens (tertiary/aromatic N) is 2. The average Bonchev–Trinajstić information content (AvgIpc) is 2.72. The van der Waals surface area contributed by atoms with Crippen LogP contribution in [0.4, 0.5) is 10.1 Å². The van der Waals surface area contributed by atoms with Gasteiger partial charge in [-0.1, -0.05) is 30.7 Å². The molecule has 7 heteroatoms. The van der Waals surface area contributed by atoms with Gasteiger partial charge < -0.3 is 15.1 Å². The largest absolute Gasteiger partial charge is 0.368 e. The highest BCUT2D eigenvalue weighted by Gasteiger charge is 2.22. The summed E-state index contributed by atoms with van der Waals surface area (Å²) in [5, 5.41) is 3.41. The Morgan fingerprint density at radius 2 is 1.79 bits per heavy atom. The van der Waals surface area contributed by atoms with Crippen molar-refractivity contribution < 1.29 is 14.0 Å². The lowest BCUT2D eigenvalue weighted by atomic mass is 10.0. The van der Waals surface area contributed by atoms with Crippen molar-refractivity contribution in [1.29, 1.82) is 0 Å². The summed E-state index contributed by atoms with van der Waals surface area (Å²) >= 11 is 5.93. The third kappa shape index (κ3) is 5.94. The molecule has 3 rings (SSSR count). The van der Waals surface area contributed by atoms with E-state index in [1.165, 1.54) is 12.1 Å². The lowest BCUT2D eigenvalue weighted by molar-refractivity contribution is -0.134. The number of hydrogen-bond donors (Lipinski definition) is 1. The first kappa shape index (κ1) is 21.1. The number of benzene rings is 2. The first-order valence-corrected chi connectivity index (χ1v) is 10.1. The van der Waals surface area contributed by atoms with Crippen molar-refractivity contribution in [3.05, 3.63) is 64.9 Å². The molecule has 1 aliphatic heterocycles. The molecular weight excluding hydrogens is 393 g/mol. The molecule has 0 aliphatic carbocycles. The second kappa shape index (κ2) is 9.74. The number of piperazine rings is 1. The molecule has 0 unspecified atom stereocenters. The van der Waals surface area contributed by atoms with Crippen molar-refractivity contribution in [2.45, 2.75) is 13.3 Å². The Labute approximate surface area is 175 Å². The standard InChI is InChI=1S/C22H25ClFN3O2/c1-16(13-17-3-2-4-19(24)14-17)22(29)25-15-21(28)27-11-9-26(10-12-27)20-7-5-18(23)6-8-20/h2-8,14,16H,9-13,15H2,1H3,(H,25,29)/t16-/m1/s1. The molecule has 1 N–H and O–H groups in total. The number of nitrogens with one attached hydrogen (secondary N) is 1. The van der Waals surface area contributed by atoms with Gasteiger partial charge >= 0.3 is 0 Å². The number of anilines is 1. The highest BCUT2D eigenvalue weighted by Crippen LogP contribution is 2.19. The quantitative estimate of drug-likeness (QED) is 0.785. The zero-order valence-corrected chi connectivity index (χ0v) is 17.2. The van der Waals surface area contributed by atoms with Crippen LogP contribution >= 0.6 is 11.6 Å². The third-order valence-corrected chi connectivity index (χ3v) is 5.37. The number of halogens is 2. The first-order chi connectivity index (χ1) is 13.9. The number of amides is 2. The van der Waals surface area contributed by atoms with Gasteiger partial charge in [-0.05, 0) is 48.4 Å². The van der Waals surface area contributed by atoms with Crippen LogP contribution in [0.3, 0.4) is 0 Å². The molecule has 2 amide bonds. The molecule has 1 heterocycles. The van der Waals surface area contributed by atoms with Gasteiger partial charge in [0.1, 0.15) is 5.82 Å². The molecule has 2 aromatic rings. The SMILES string of the molecule is C[C@H](Cc1cccc(F)c1)C(=O)NCC(=O)N1CCN(c2ccc(Cl)cc2)CC1. The summed E-state index contributed by atoms with van der Waals surface area (Å²) in [4.78, 5) is 28.7. The van der Waals surface area contributed by atoms with Crippen LogP contribution < -0.4 is 10.2 Å². The van der Waals surface area contributed by atoms with Gasteiger partial charge in [-0.3, -0.25) is 9.59 Å². The summed E-state index contributed by atoms with van der Waals surface area (Å²) in [6.45, 7) is 4.43. The van der Waals surface area contributed by atoms with Gasteiger partial charge in [0.2, 0.25) is 11.8 Å². The molecule has 5 nitrogen and oxygen atoms in total. The topological polar surface area (TPSA) is 52.7 Å². The van der Waals surface area contributed by atoms with Crippen LogP contribution in [0.5, 0.6) is 0 Å². The van der Waals surface area contributed by atoms with Crippen molar-refractivity contribution in [3.8, 4) is 0 Å². The fourth-order valence-electron chi connectivity index (χ4n) is 3.42. The zero-order valence-electron chi connectivity index (χ0n) is 16.4. The highest BCUT2D eigenvalue weighted by molar-refractivity contribution is 6.30. The molecule has 0 bridgehead atoms. The van der Waals surface area contributed by atoms with E-state index in [9.17, 15) is 14.0 Å². The smallest absolute Gasteiger partial charge is 0.242 e. The van der Waals surface area contributed by atoms with E-state index >= 15 is 0 Å². The predicted octanol–water partition coefficient (Wildman–Crippen LogP) is 3.12. The molecule has 2 aromatic carbocycles. The third-order valence-electron chi connectivity index (χ3n) is 5.12. The number of carbonyl (C=O) groups is 2. The molecule has 154 valence electrons. The van der Waals surface area contributed by atoms with Crippen LogP contribution in [-0.2, 0) is 16.0 Å². The summed E-state index contributed by atoms with van der Waals surface area (Å²) in [7, 11) is 0. The molecule has 0 radical (unpaired) electrons. The first-order valence-electron chi connectivity index (χ1n) is 9.73. The normalized spacial score (nSPS) is 15.1. The molecule has 0 saturated carbocycles. The Morgan fingerprint density at radius 1 is 1.10 bits per heavy atom. The van der Waals surface area contributed by atoms with Crippen LogP contribution in [0.1, 0.15) is 12.5 Å². The second-order valence-corrected chi connectivity index (χ2v) is 7.73. The summed E-state index contributed by atoms with van der Waals surface area (Å²) in [6.07, 6.45) is 0.428. The fraction of sp³-hybridized carbons (Fsp3) is 0.364. The minimum Gasteiger partial charge on any atom is -0.368 e. The van der Waals surface area contributed by atoms with E-state index in [1.54, 1.807) is 24.0 Å². The van der Waals surface area contributed by atoms with E-state index in [4.69, 9.17) is 11.6 Å². The van der Waals surface area contributed by atoms with Crippen LogP contribution in [0.15, 0.2) is 48.5 Å². The molecular formula is C22H25ClFN3O2. The minimum absolute atomic E-state index is 0.0206. The number of carbonyl (C=O) groups excluding carboxylic acids is 2. The predicted molar refractivity (Wildman–Crippen MR) is 113 cm³/mol. The van der Waals surface area contributed by atoms with Gasteiger partial charge in [0, 0.05) is 42.8 Å². The Balaban J connectivity index is 1.42. The van der Waals surface area contributed by atoms with Crippen LogP contribution in [0.25, 0.3) is 0 Å². The molecule has 29 heavy (non-hydrogen) atoms. The van der Waals surface area contributed by atoms with Gasteiger partial charge in [-0.15, -0.1) is 0 Å². The van der Waals surface area contributed by atoms with E-state index in [0.29, 0.717) is 24.5 Å². The van der Waals surface area contributed by atoms with Crippen LogP contribution in [0.2, 0.25) is 5.02 Å². The minimum atomic E-state index is -0.341. The van der Waals surface area contributed by atoms with E-state index in [0.717, 1.165) is 24.3 Å². The summed E-state index contributed by atoms with van der Waals surface area (Å²) < 4.78 is 13.3. The van der Waals surface area contributed by atoms with Crippen molar-refractivity contribution in [2.24, 2.45) is 5.92 Å². The molecule has 0 spiro atoms. The van der Waals surface area contributed by atoms with Gasteiger partial charge in [-0.25, -0.2) is 4.39 Å². The van der Waals surface area contributed by atoms with Crippen LogP contribution in [0, 0.1) is 11.7 Å². The van der Waals surface area contributed by atoms with Crippen molar-refractivity contribution in [1.82, 2.24) is 10.2 Å². The molecule has 1 atom stereocenters. The molecule has 1 saturated heterocycles. The Hall–Kier alpha value is -2.60. The highest BCUT2D eigenvalue weighted by atomic mass is 35.5. The Kier molecular flexibility index (Phi) is 7.09. The Bertz CT molecular complexity index is 851. The van der Waals surface area contributed by atoms with Gasteiger partial charge in [-0.2, -0.15) is 0 Å². The zero-order chi connectivity index (χ0) is 20.8. The van der Waals surface area contributed by atoms with E-state index in [-0.39, 0.29) is 30.1 Å². The van der Waals surface area contributed by atoms with Crippen molar-refractivity contribution in [3.63, 3.8) is 0 Å². The summed E-state index contributed by atoms with van der Waals surface area (Å²) in [5.41, 5.74) is 1.85. The van der Waals surface area contributed by atoms with Gasteiger partial charge in [0.25, 0.3) is 0 Å². The number of rotatable bonds is 6. The second-order valence-electron chi connectivity index (χ2n) is 7.30.